The summed E-state index contributed by atoms with van der Waals surface area (Å²) < 4.78 is 20.1. The van der Waals surface area contributed by atoms with E-state index < -0.39 is 11.9 Å². The van der Waals surface area contributed by atoms with Gasteiger partial charge in [0, 0.05) is 22.0 Å². The van der Waals surface area contributed by atoms with Crippen LogP contribution in [-0.2, 0) is 6.42 Å². The highest BCUT2D eigenvalue weighted by atomic mass is 79.9. The quantitative estimate of drug-likeness (QED) is 0.500. The molecule has 2 aromatic rings. The predicted molar refractivity (Wildman–Crippen MR) is 76.4 cm³/mol. The topological polar surface area (TPSA) is 51.2 Å². The van der Waals surface area contributed by atoms with Crippen molar-refractivity contribution in [1.82, 2.24) is 5.43 Å². The molecule has 0 bridgehead atoms. The van der Waals surface area contributed by atoms with Crippen LogP contribution in [0.3, 0.4) is 0 Å². The number of hydrogen-bond donors (Lipinski definition) is 2. The van der Waals surface area contributed by atoms with E-state index in [0.717, 1.165) is 11.3 Å². The molecule has 3 N–H and O–H groups in total. The molecule has 0 radical (unpaired) electrons. The van der Waals surface area contributed by atoms with E-state index in [2.05, 4.69) is 21.4 Å². The van der Waals surface area contributed by atoms with Crippen molar-refractivity contribution in [2.75, 3.05) is 0 Å². The third-order valence-corrected chi connectivity index (χ3v) is 4.21. The van der Waals surface area contributed by atoms with Crippen LogP contribution in [0, 0.1) is 5.82 Å². The largest absolute Gasteiger partial charge is 0.469 e. The summed E-state index contributed by atoms with van der Waals surface area (Å²) in [5, 5.41) is 0.0410. The Labute approximate surface area is 124 Å². The van der Waals surface area contributed by atoms with Crippen LogP contribution in [0.2, 0.25) is 5.02 Å². The molecule has 0 fully saturated rings. The van der Waals surface area contributed by atoms with Gasteiger partial charge in [0.05, 0.1) is 17.3 Å². The zero-order chi connectivity index (χ0) is 14.0. The molecule has 0 amide bonds. The van der Waals surface area contributed by atoms with E-state index in [4.69, 9.17) is 21.9 Å². The molecule has 3 nitrogen and oxygen atoms in total. The van der Waals surface area contributed by atoms with Crippen LogP contribution >= 0.6 is 27.5 Å². The molecule has 1 atom stereocenters. The van der Waals surface area contributed by atoms with Gasteiger partial charge in [-0.05, 0) is 28.1 Å². The number of rotatable bonds is 4. The lowest BCUT2D eigenvalue weighted by Gasteiger charge is -2.18. The lowest BCUT2D eigenvalue weighted by atomic mass is 9.98. The van der Waals surface area contributed by atoms with Gasteiger partial charge in [0.1, 0.15) is 11.6 Å². The maximum absolute atomic E-state index is 14.2. The average molecular weight is 348 g/mol. The molecular formula is C13H13BrClFN2O. The van der Waals surface area contributed by atoms with Crippen LogP contribution in [0.25, 0.3) is 0 Å². The van der Waals surface area contributed by atoms with Crippen LogP contribution in [0.15, 0.2) is 33.4 Å². The molecule has 1 aromatic heterocycles. The Hall–Kier alpha value is -0.880. The smallest absolute Gasteiger partial charge is 0.148 e. The Morgan fingerprint density at radius 3 is 2.79 bits per heavy atom. The molecule has 1 aromatic carbocycles. The molecule has 2 rings (SSSR count). The minimum Gasteiger partial charge on any atom is -0.469 e. The standard InChI is InChI=1S/C13H13BrClFN2O/c1-2-10-7(5-6-19-10)13(18-17)8-3-4-9(14)11(15)12(8)16/h3-6,13,18H,2,17H2,1H3. The first-order chi connectivity index (χ1) is 9.10. The molecule has 0 aliphatic carbocycles. The molecule has 1 heterocycles. The van der Waals surface area contributed by atoms with Crippen LogP contribution in [0.4, 0.5) is 4.39 Å². The Morgan fingerprint density at radius 1 is 1.42 bits per heavy atom. The van der Waals surface area contributed by atoms with Gasteiger partial charge in [0.15, 0.2) is 0 Å². The van der Waals surface area contributed by atoms with E-state index in [9.17, 15) is 4.39 Å². The van der Waals surface area contributed by atoms with Crippen LogP contribution in [0.1, 0.15) is 29.9 Å². The monoisotopic (exact) mass is 346 g/mol. The Bertz CT molecular complexity index is 588. The summed E-state index contributed by atoms with van der Waals surface area (Å²) >= 11 is 9.09. The van der Waals surface area contributed by atoms with Crippen molar-refractivity contribution in [1.29, 1.82) is 0 Å². The SMILES string of the molecule is CCc1occc1C(NN)c1ccc(Br)c(Cl)c1F. The van der Waals surface area contributed by atoms with E-state index in [0.29, 0.717) is 16.5 Å². The minimum absolute atomic E-state index is 0.0410. The van der Waals surface area contributed by atoms with Crippen LogP contribution in [-0.4, -0.2) is 0 Å². The summed E-state index contributed by atoms with van der Waals surface area (Å²) in [7, 11) is 0. The number of halogens is 3. The van der Waals surface area contributed by atoms with E-state index in [1.165, 1.54) is 0 Å². The number of hydrazine groups is 1. The molecule has 0 aliphatic rings. The number of furan rings is 1. The lowest BCUT2D eigenvalue weighted by Crippen LogP contribution is -2.30. The maximum atomic E-state index is 14.2. The van der Waals surface area contributed by atoms with E-state index in [1.807, 2.05) is 6.92 Å². The minimum atomic E-state index is -0.501. The van der Waals surface area contributed by atoms with Crippen molar-refractivity contribution >= 4 is 27.5 Å². The lowest BCUT2D eigenvalue weighted by molar-refractivity contribution is 0.497. The fourth-order valence-electron chi connectivity index (χ4n) is 2.01. The van der Waals surface area contributed by atoms with E-state index in [1.54, 1.807) is 24.5 Å². The highest BCUT2D eigenvalue weighted by Gasteiger charge is 2.23. The average Bonchev–Trinajstić information content (AvgIpc) is 2.88. The van der Waals surface area contributed by atoms with Crippen molar-refractivity contribution < 1.29 is 8.81 Å². The molecule has 1 unspecified atom stereocenters. The fourth-order valence-corrected chi connectivity index (χ4v) is 2.48. The fraction of sp³-hybridized carbons (Fsp3) is 0.231. The number of nitrogens with one attached hydrogen (secondary N) is 1. The molecule has 0 saturated carbocycles. The van der Waals surface area contributed by atoms with Gasteiger partial charge >= 0.3 is 0 Å². The predicted octanol–water partition coefficient (Wildman–Crippen LogP) is 3.95. The molecule has 0 aliphatic heterocycles. The van der Waals surface area contributed by atoms with Crippen molar-refractivity contribution in [3.05, 3.63) is 56.7 Å². The zero-order valence-corrected chi connectivity index (χ0v) is 12.6. The normalized spacial score (nSPS) is 12.7. The highest BCUT2D eigenvalue weighted by molar-refractivity contribution is 9.10. The molecule has 102 valence electrons. The maximum Gasteiger partial charge on any atom is 0.148 e. The zero-order valence-electron chi connectivity index (χ0n) is 10.2. The Balaban J connectivity index is 2.52. The second-order valence-electron chi connectivity index (χ2n) is 4.02. The van der Waals surface area contributed by atoms with Crippen molar-refractivity contribution in [2.45, 2.75) is 19.4 Å². The van der Waals surface area contributed by atoms with E-state index >= 15 is 0 Å². The Morgan fingerprint density at radius 2 is 2.16 bits per heavy atom. The summed E-state index contributed by atoms with van der Waals surface area (Å²) in [6, 6.07) is 4.61. The van der Waals surface area contributed by atoms with Gasteiger partial charge in [-0.2, -0.15) is 0 Å². The third kappa shape index (κ3) is 2.69. The first kappa shape index (κ1) is 14.5. The third-order valence-electron chi connectivity index (χ3n) is 2.95. The molecule has 0 spiro atoms. The summed E-state index contributed by atoms with van der Waals surface area (Å²) in [5.41, 5.74) is 3.80. The Kier molecular flexibility index (Phi) is 4.62. The number of aryl methyl sites for hydroxylation is 1. The van der Waals surface area contributed by atoms with Crippen molar-refractivity contribution in [2.24, 2.45) is 5.84 Å². The molecular weight excluding hydrogens is 335 g/mol. The second-order valence-corrected chi connectivity index (χ2v) is 5.25. The summed E-state index contributed by atoms with van der Waals surface area (Å²) in [4.78, 5) is 0. The first-order valence-electron chi connectivity index (χ1n) is 5.75. The van der Waals surface area contributed by atoms with Gasteiger partial charge in [-0.15, -0.1) is 0 Å². The molecule has 19 heavy (non-hydrogen) atoms. The van der Waals surface area contributed by atoms with E-state index in [-0.39, 0.29) is 5.02 Å². The number of nitrogens with two attached hydrogens (primary N) is 1. The van der Waals surface area contributed by atoms with Crippen LogP contribution < -0.4 is 11.3 Å². The van der Waals surface area contributed by atoms with Crippen LogP contribution in [0.5, 0.6) is 0 Å². The molecule has 0 saturated heterocycles. The van der Waals surface area contributed by atoms with Gasteiger partial charge in [0.25, 0.3) is 0 Å². The van der Waals surface area contributed by atoms with Crippen molar-refractivity contribution in [3.63, 3.8) is 0 Å². The highest BCUT2D eigenvalue weighted by Crippen LogP contribution is 2.34. The second kappa shape index (κ2) is 6.05. The van der Waals surface area contributed by atoms with Gasteiger partial charge in [-0.25, -0.2) is 9.82 Å². The first-order valence-corrected chi connectivity index (χ1v) is 6.93. The summed E-state index contributed by atoms with van der Waals surface area (Å²) in [6.45, 7) is 1.96. The summed E-state index contributed by atoms with van der Waals surface area (Å²) in [5.74, 6) is 5.83. The number of benzene rings is 1. The van der Waals surface area contributed by atoms with Gasteiger partial charge in [-0.1, -0.05) is 24.6 Å². The van der Waals surface area contributed by atoms with Gasteiger partial charge in [-0.3, -0.25) is 5.84 Å². The number of hydrogen-bond acceptors (Lipinski definition) is 3. The van der Waals surface area contributed by atoms with Gasteiger partial charge in [0.2, 0.25) is 0 Å². The molecule has 6 heteroatoms. The summed E-state index contributed by atoms with van der Waals surface area (Å²) in [6.07, 6.45) is 2.27. The van der Waals surface area contributed by atoms with Gasteiger partial charge < -0.3 is 4.42 Å². The van der Waals surface area contributed by atoms with Crippen molar-refractivity contribution in [3.8, 4) is 0 Å².